The van der Waals surface area contributed by atoms with Crippen LogP contribution in [-0.4, -0.2) is 38.0 Å². The molecule has 44 heavy (non-hydrogen) atoms. The SMILES string of the molecule is CCOC(=O)C1=C(C)N=c2s/c(=C/c3ccc(OCc4ccccc4)c(OCC)c3)c(=O)n2[C@@H]1c1cc(OC)ccc1OC. The van der Waals surface area contributed by atoms with Gasteiger partial charge in [-0.1, -0.05) is 47.7 Å². The third kappa shape index (κ3) is 6.26. The van der Waals surface area contributed by atoms with E-state index >= 15 is 0 Å². The number of thiazole rings is 1. The average molecular weight is 615 g/mol. The average Bonchev–Trinajstić information content (AvgIpc) is 3.34. The van der Waals surface area contributed by atoms with Crippen LogP contribution in [0.5, 0.6) is 23.0 Å². The van der Waals surface area contributed by atoms with Gasteiger partial charge in [-0.15, -0.1) is 0 Å². The number of fused-ring (bicyclic) bond motifs is 1. The van der Waals surface area contributed by atoms with E-state index in [-0.39, 0.29) is 17.7 Å². The Bertz CT molecular complexity index is 1880. The highest BCUT2D eigenvalue weighted by Gasteiger charge is 2.35. The van der Waals surface area contributed by atoms with Crippen LogP contribution in [0.3, 0.4) is 0 Å². The molecular formula is C34H34N2O7S. The molecule has 0 spiro atoms. The van der Waals surface area contributed by atoms with E-state index in [1.165, 1.54) is 15.9 Å². The fourth-order valence-corrected chi connectivity index (χ4v) is 6.07. The first-order chi connectivity index (χ1) is 21.4. The first-order valence-electron chi connectivity index (χ1n) is 14.2. The van der Waals surface area contributed by atoms with Crippen molar-refractivity contribution in [2.24, 2.45) is 4.99 Å². The molecule has 1 aliphatic heterocycles. The Labute approximate surface area is 259 Å². The van der Waals surface area contributed by atoms with Crippen LogP contribution in [-0.2, 0) is 16.1 Å². The van der Waals surface area contributed by atoms with Gasteiger partial charge in [0, 0.05) is 5.56 Å². The maximum atomic E-state index is 14.1. The Morgan fingerprint density at radius 2 is 1.70 bits per heavy atom. The minimum atomic E-state index is -0.842. The van der Waals surface area contributed by atoms with E-state index in [0.29, 0.717) is 56.8 Å². The molecule has 1 aromatic heterocycles. The first kappa shape index (κ1) is 30.6. The molecule has 0 amide bonds. The number of nitrogens with zero attached hydrogens (tertiary/aromatic N) is 2. The Hall–Kier alpha value is -4.83. The number of ether oxygens (including phenoxy) is 5. The van der Waals surface area contributed by atoms with Gasteiger partial charge in [0.2, 0.25) is 0 Å². The second kappa shape index (κ2) is 13.6. The number of methoxy groups -OCH3 is 2. The van der Waals surface area contributed by atoms with Gasteiger partial charge in [-0.25, -0.2) is 9.79 Å². The number of aromatic nitrogens is 1. The van der Waals surface area contributed by atoms with Crippen molar-refractivity contribution in [3.63, 3.8) is 0 Å². The van der Waals surface area contributed by atoms with Crippen molar-refractivity contribution < 1.29 is 28.5 Å². The van der Waals surface area contributed by atoms with Gasteiger partial charge in [0.25, 0.3) is 5.56 Å². The van der Waals surface area contributed by atoms with Crippen LogP contribution < -0.4 is 33.8 Å². The van der Waals surface area contributed by atoms with Crippen molar-refractivity contribution in [3.8, 4) is 23.0 Å². The van der Waals surface area contributed by atoms with Crippen molar-refractivity contribution >= 4 is 23.4 Å². The predicted octanol–water partition coefficient (Wildman–Crippen LogP) is 4.79. The van der Waals surface area contributed by atoms with Crippen molar-refractivity contribution in [1.29, 1.82) is 0 Å². The molecule has 0 fully saturated rings. The number of allylic oxidation sites excluding steroid dienone is 1. The highest BCUT2D eigenvalue weighted by Crippen LogP contribution is 2.38. The van der Waals surface area contributed by atoms with Crippen molar-refractivity contribution in [1.82, 2.24) is 4.57 Å². The summed E-state index contributed by atoms with van der Waals surface area (Å²) in [4.78, 5) is 32.5. The topological polar surface area (TPSA) is 97.6 Å². The molecule has 228 valence electrons. The van der Waals surface area contributed by atoms with Gasteiger partial charge in [-0.2, -0.15) is 0 Å². The third-order valence-corrected chi connectivity index (χ3v) is 8.03. The molecule has 3 aromatic carbocycles. The lowest BCUT2D eigenvalue weighted by Crippen LogP contribution is -2.40. The number of esters is 1. The summed E-state index contributed by atoms with van der Waals surface area (Å²) in [6, 6.07) is 19.9. The zero-order chi connectivity index (χ0) is 31.2. The second-order valence-electron chi connectivity index (χ2n) is 9.82. The van der Waals surface area contributed by atoms with E-state index in [4.69, 9.17) is 23.7 Å². The highest BCUT2D eigenvalue weighted by atomic mass is 32.1. The summed E-state index contributed by atoms with van der Waals surface area (Å²) in [5.74, 6) is 1.68. The monoisotopic (exact) mass is 614 g/mol. The van der Waals surface area contributed by atoms with Crippen LogP contribution in [0.25, 0.3) is 6.08 Å². The molecule has 1 aliphatic rings. The van der Waals surface area contributed by atoms with Gasteiger partial charge in [0.1, 0.15) is 24.1 Å². The summed E-state index contributed by atoms with van der Waals surface area (Å²) in [6.45, 7) is 6.40. The highest BCUT2D eigenvalue weighted by molar-refractivity contribution is 7.07. The molecule has 0 saturated carbocycles. The number of carbonyl (C=O) groups is 1. The zero-order valence-electron chi connectivity index (χ0n) is 25.3. The second-order valence-corrected chi connectivity index (χ2v) is 10.8. The van der Waals surface area contributed by atoms with Crippen LogP contribution in [0.4, 0.5) is 0 Å². The van der Waals surface area contributed by atoms with Gasteiger partial charge in [0.05, 0.1) is 43.2 Å². The fraction of sp³-hybridized carbons (Fsp3) is 0.265. The van der Waals surface area contributed by atoms with Crippen LogP contribution in [0, 0.1) is 0 Å². The van der Waals surface area contributed by atoms with Crippen molar-refractivity contribution in [3.05, 3.63) is 114 Å². The lowest BCUT2D eigenvalue weighted by Gasteiger charge is -2.26. The van der Waals surface area contributed by atoms with Gasteiger partial charge in [0.15, 0.2) is 16.3 Å². The van der Waals surface area contributed by atoms with E-state index in [1.54, 1.807) is 52.3 Å². The Morgan fingerprint density at radius 3 is 2.41 bits per heavy atom. The van der Waals surface area contributed by atoms with E-state index in [2.05, 4.69) is 4.99 Å². The summed E-state index contributed by atoms with van der Waals surface area (Å²) in [7, 11) is 3.09. The van der Waals surface area contributed by atoms with Crippen molar-refractivity contribution in [2.75, 3.05) is 27.4 Å². The first-order valence-corrected chi connectivity index (χ1v) is 15.0. The summed E-state index contributed by atoms with van der Waals surface area (Å²) < 4.78 is 30.5. The van der Waals surface area contributed by atoms with Gasteiger partial charge in [-0.05, 0) is 68.3 Å². The number of carbonyl (C=O) groups excluding carboxylic acids is 1. The van der Waals surface area contributed by atoms with Gasteiger partial charge < -0.3 is 23.7 Å². The quantitative estimate of drug-likeness (QED) is 0.224. The Balaban J connectivity index is 1.61. The molecule has 9 nitrogen and oxygen atoms in total. The maximum absolute atomic E-state index is 14.1. The summed E-state index contributed by atoms with van der Waals surface area (Å²) in [5.41, 5.74) is 2.79. The van der Waals surface area contributed by atoms with Crippen LogP contribution in [0.1, 0.15) is 43.5 Å². The summed E-state index contributed by atoms with van der Waals surface area (Å²) >= 11 is 1.24. The molecule has 4 aromatic rings. The molecule has 10 heteroatoms. The molecule has 0 saturated heterocycles. The largest absolute Gasteiger partial charge is 0.497 e. The number of hydrogen-bond donors (Lipinski definition) is 0. The molecule has 0 N–H and O–H groups in total. The fourth-order valence-electron chi connectivity index (χ4n) is 5.03. The Kier molecular flexibility index (Phi) is 9.50. The minimum absolute atomic E-state index is 0.176. The molecule has 1 atom stereocenters. The summed E-state index contributed by atoms with van der Waals surface area (Å²) in [5, 5.41) is 0. The number of hydrogen-bond acceptors (Lipinski definition) is 9. The normalized spacial score (nSPS) is 14.5. The predicted molar refractivity (Wildman–Crippen MR) is 168 cm³/mol. The molecule has 2 heterocycles. The van der Waals surface area contributed by atoms with Crippen LogP contribution >= 0.6 is 11.3 Å². The number of benzene rings is 3. The number of rotatable bonds is 11. The summed E-state index contributed by atoms with van der Waals surface area (Å²) in [6.07, 6.45) is 1.79. The third-order valence-electron chi connectivity index (χ3n) is 7.05. The molecule has 5 rings (SSSR count). The van der Waals surface area contributed by atoms with Crippen LogP contribution in [0.2, 0.25) is 0 Å². The van der Waals surface area contributed by atoms with Crippen LogP contribution in [0.15, 0.2) is 87.8 Å². The van der Waals surface area contributed by atoms with Crippen molar-refractivity contribution in [2.45, 2.75) is 33.4 Å². The lowest BCUT2D eigenvalue weighted by molar-refractivity contribution is -0.139. The molecule has 0 aliphatic carbocycles. The van der Waals surface area contributed by atoms with Gasteiger partial charge >= 0.3 is 5.97 Å². The van der Waals surface area contributed by atoms with Gasteiger partial charge in [-0.3, -0.25) is 9.36 Å². The standard InChI is InChI=1S/C34H34N2O7S/c1-6-41-28-17-23(13-15-27(28)43-20-22-11-9-8-10-12-22)18-29-32(37)36-31(25-19-24(39-4)14-16-26(25)40-5)30(33(38)42-7-2)21(3)35-34(36)44-29/h8-19,31H,6-7,20H2,1-5H3/b29-18+/t31-/m1/s1. The zero-order valence-corrected chi connectivity index (χ0v) is 26.1. The molecule has 0 unspecified atom stereocenters. The Morgan fingerprint density at radius 1 is 0.932 bits per heavy atom. The molecular weight excluding hydrogens is 580 g/mol. The van der Waals surface area contributed by atoms with E-state index in [9.17, 15) is 9.59 Å². The maximum Gasteiger partial charge on any atom is 0.338 e. The molecule has 0 bridgehead atoms. The molecule has 0 radical (unpaired) electrons. The van der Waals surface area contributed by atoms with E-state index < -0.39 is 12.0 Å². The minimum Gasteiger partial charge on any atom is -0.497 e. The van der Waals surface area contributed by atoms with E-state index in [0.717, 1.165) is 11.1 Å². The van der Waals surface area contributed by atoms with E-state index in [1.807, 2.05) is 55.5 Å². The smallest absolute Gasteiger partial charge is 0.338 e. The lowest BCUT2D eigenvalue weighted by atomic mass is 9.94.